The van der Waals surface area contributed by atoms with E-state index in [4.69, 9.17) is 11.6 Å². The number of carbonyl (C=O) groups is 1. The van der Waals surface area contributed by atoms with Crippen molar-refractivity contribution in [2.45, 2.75) is 18.9 Å². The van der Waals surface area contributed by atoms with Crippen molar-refractivity contribution in [3.05, 3.63) is 58.2 Å². The van der Waals surface area contributed by atoms with Crippen LogP contribution >= 0.6 is 23.4 Å². The Morgan fingerprint density at radius 2 is 1.89 bits per heavy atom. The molecule has 0 bridgehead atoms. The van der Waals surface area contributed by atoms with E-state index in [2.05, 4.69) is 4.98 Å². The lowest BCUT2D eigenvalue weighted by Crippen LogP contribution is -2.02. The van der Waals surface area contributed by atoms with Gasteiger partial charge in [0.1, 0.15) is 0 Å². The molecule has 0 fully saturated rings. The van der Waals surface area contributed by atoms with Crippen molar-refractivity contribution < 1.29 is 4.79 Å². The Kier molecular flexibility index (Phi) is 4.61. The number of nitrogens with zero attached hydrogens (tertiary/aromatic N) is 1. The maximum absolute atomic E-state index is 12.0. The summed E-state index contributed by atoms with van der Waals surface area (Å²) in [7, 11) is 0. The lowest BCUT2D eigenvalue weighted by molar-refractivity contribution is 0.102. The molecule has 1 aromatic heterocycles. The van der Waals surface area contributed by atoms with E-state index in [9.17, 15) is 4.79 Å². The van der Waals surface area contributed by atoms with E-state index in [1.807, 2.05) is 26.0 Å². The number of benzene rings is 1. The monoisotopic (exact) mass is 291 g/mol. The average molecular weight is 292 g/mol. The van der Waals surface area contributed by atoms with Crippen molar-refractivity contribution in [1.29, 1.82) is 0 Å². The molecule has 19 heavy (non-hydrogen) atoms. The van der Waals surface area contributed by atoms with Crippen LogP contribution in [0.1, 0.15) is 21.6 Å². The topological polar surface area (TPSA) is 30.0 Å². The van der Waals surface area contributed by atoms with Crippen LogP contribution in [0.3, 0.4) is 0 Å². The second-order valence-corrected chi connectivity index (χ2v) is 5.77. The Morgan fingerprint density at radius 3 is 2.53 bits per heavy atom. The Labute approximate surface area is 122 Å². The summed E-state index contributed by atoms with van der Waals surface area (Å²) >= 11 is 7.26. The third-order valence-electron chi connectivity index (χ3n) is 2.59. The number of hydrogen-bond donors (Lipinski definition) is 0. The summed E-state index contributed by atoms with van der Waals surface area (Å²) in [4.78, 5) is 16.4. The molecule has 0 aliphatic rings. The molecule has 1 aromatic carbocycles. The van der Waals surface area contributed by atoms with Crippen LogP contribution in [0.25, 0.3) is 0 Å². The summed E-state index contributed by atoms with van der Waals surface area (Å²) in [6.45, 7) is 3.98. The second-order valence-electron chi connectivity index (χ2n) is 4.34. The summed E-state index contributed by atoms with van der Waals surface area (Å²) in [6, 6.07) is 11.0. The lowest BCUT2D eigenvalue weighted by atomic mass is 10.1. The van der Waals surface area contributed by atoms with Crippen molar-refractivity contribution in [2.24, 2.45) is 0 Å². The summed E-state index contributed by atoms with van der Waals surface area (Å²) in [5.74, 6) is 0.472. The molecule has 2 nitrogen and oxygen atoms in total. The minimum Gasteiger partial charge on any atom is -0.293 e. The van der Waals surface area contributed by atoms with E-state index < -0.39 is 0 Å². The molecule has 2 rings (SSSR count). The molecule has 0 N–H and O–H groups in total. The van der Waals surface area contributed by atoms with Crippen LogP contribution < -0.4 is 0 Å². The molecule has 98 valence electrons. The van der Waals surface area contributed by atoms with Crippen LogP contribution in [-0.2, 0) is 0 Å². The molecule has 4 heteroatoms. The van der Waals surface area contributed by atoms with Gasteiger partial charge in [-0.2, -0.15) is 0 Å². The van der Waals surface area contributed by atoms with E-state index in [0.717, 1.165) is 16.3 Å². The Morgan fingerprint density at radius 1 is 1.21 bits per heavy atom. The first-order chi connectivity index (χ1) is 9.04. The number of carbonyl (C=O) groups excluding carboxylic acids is 1. The molecule has 0 aliphatic carbocycles. The zero-order chi connectivity index (χ0) is 13.8. The van der Waals surface area contributed by atoms with E-state index in [-0.39, 0.29) is 5.78 Å². The molecule has 0 unspecified atom stereocenters. The quantitative estimate of drug-likeness (QED) is 0.620. The van der Waals surface area contributed by atoms with Crippen LogP contribution in [0.15, 0.2) is 41.4 Å². The van der Waals surface area contributed by atoms with Gasteiger partial charge < -0.3 is 0 Å². The van der Waals surface area contributed by atoms with E-state index in [1.54, 1.807) is 24.3 Å². The summed E-state index contributed by atoms with van der Waals surface area (Å²) in [5, 5.41) is 1.53. The summed E-state index contributed by atoms with van der Waals surface area (Å²) < 4.78 is 0. The van der Waals surface area contributed by atoms with Crippen LogP contribution in [0, 0.1) is 13.8 Å². The number of pyridine rings is 1. The maximum Gasteiger partial charge on any atom is 0.173 e. The Balaban J connectivity index is 2.02. The van der Waals surface area contributed by atoms with Crippen molar-refractivity contribution in [3.63, 3.8) is 0 Å². The smallest absolute Gasteiger partial charge is 0.173 e. The zero-order valence-corrected chi connectivity index (χ0v) is 12.4. The SMILES string of the molecule is Cc1cc(C)nc(SCC(=O)c2ccc(Cl)cc2)c1. The highest BCUT2D eigenvalue weighted by Gasteiger charge is 2.07. The largest absolute Gasteiger partial charge is 0.293 e. The van der Waals surface area contributed by atoms with Crippen LogP contribution in [-0.4, -0.2) is 16.5 Å². The molecule has 0 saturated heterocycles. The number of thioether (sulfide) groups is 1. The van der Waals surface area contributed by atoms with Gasteiger partial charge in [0.2, 0.25) is 0 Å². The molecule has 0 amide bonds. The van der Waals surface area contributed by atoms with E-state index in [1.165, 1.54) is 11.8 Å². The predicted molar refractivity (Wildman–Crippen MR) is 80.2 cm³/mol. The molecule has 1 heterocycles. The molecular formula is C15H14ClNOS. The van der Waals surface area contributed by atoms with Gasteiger partial charge in [-0.1, -0.05) is 23.4 Å². The van der Waals surface area contributed by atoms with Gasteiger partial charge in [-0.05, 0) is 55.8 Å². The van der Waals surface area contributed by atoms with Gasteiger partial charge >= 0.3 is 0 Å². The zero-order valence-electron chi connectivity index (χ0n) is 10.8. The molecule has 2 aromatic rings. The van der Waals surface area contributed by atoms with Gasteiger partial charge in [-0.3, -0.25) is 4.79 Å². The van der Waals surface area contributed by atoms with Gasteiger partial charge in [0.05, 0.1) is 10.8 Å². The number of halogens is 1. The minimum atomic E-state index is 0.0858. The van der Waals surface area contributed by atoms with Crippen LogP contribution in [0.4, 0.5) is 0 Å². The number of hydrogen-bond acceptors (Lipinski definition) is 3. The standard InChI is InChI=1S/C15H14ClNOS/c1-10-7-11(2)17-15(8-10)19-9-14(18)12-3-5-13(16)6-4-12/h3-8H,9H2,1-2H3. The molecule has 0 radical (unpaired) electrons. The van der Waals surface area contributed by atoms with Gasteiger partial charge in [-0.15, -0.1) is 0 Å². The molecule has 0 saturated carbocycles. The first kappa shape index (κ1) is 14.1. The summed E-state index contributed by atoms with van der Waals surface area (Å²) in [6.07, 6.45) is 0. The number of rotatable bonds is 4. The van der Waals surface area contributed by atoms with E-state index >= 15 is 0 Å². The highest BCUT2D eigenvalue weighted by molar-refractivity contribution is 7.99. The number of Topliss-reactive ketones (excluding diaryl/α,β-unsaturated/α-hetero) is 1. The fourth-order valence-electron chi connectivity index (χ4n) is 1.74. The molecule has 0 aliphatic heterocycles. The molecule has 0 atom stereocenters. The Bertz CT molecular complexity index is 575. The van der Waals surface area contributed by atoms with E-state index in [0.29, 0.717) is 16.3 Å². The van der Waals surface area contributed by atoms with Gasteiger partial charge in [0.15, 0.2) is 5.78 Å². The number of aromatic nitrogens is 1. The maximum atomic E-state index is 12.0. The average Bonchev–Trinajstić information content (AvgIpc) is 2.36. The third kappa shape index (κ3) is 4.08. The number of aryl methyl sites for hydroxylation is 2. The van der Waals surface area contributed by atoms with Crippen molar-refractivity contribution >= 4 is 29.1 Å². The van der Waals surface area contributed by atoms with Gasteiger partial charge in [-0.25, -0.2) is 4.98 Å². The number of ketones is 1. The first-order valence-corrected chi connectivity index (χ1v) is 7.28. The predicted octanol–water partition coefficient (Wildman–Crippen LogP) is 4.33. The highest BCUT2D eigenvalue weighted by Crippen LogP contribution is 2.19. The summed E-state index contributed by atoms with van der Waals surface area (Å²) in [5.41, 5.74) is 2.82. The third-order valence-corrected chi connectivity index (χ3v) is 3.76. The molecule has 0 spiro atoms. The lowest BCUT2D eigenvalue weighted by Gasteiger charge is -2.04. The van der Waals surface area contributed by atoms with Gasteiger partial charge in [0.25, 0.3) is 0 Å². The molecular weight excluding hydrogens is 278 g/mol. The highest BCUT2D eigenvalue weighted by atomic mass is 35.5. The fourth-order valence-corrected chi connectivity index (χ4v) is 2.79. The van der Waals surface area contributed by atoms with Gasteiger partial charge in [0, 0.05) is 16.3 Å². The second kappa shape index (κ2) is 6.22. The first-order valence-electron chi connectivity index (χ1n) is 5.91. The van der Waals surface area contributed by atoms with Crippen LogP contribution in [0.2, 0.25) is 5.02 Å². The van der Waals surface area contributed by atoms with Crippen LogP contribution in [0.5, 0.6) is 0 Å². The van der Waals surface area contributed by atoms with Crippen molar-refractivity contribution in [1.82, 2.24) is 4.98 Å². The minimum absolute atomic E-state index is 0.0858. The fraction of sp³-hybridized carbons (Fsp3) is 0.200. The van der Waals surface area contributed by atoms with Crippen molar-refractivity contribution in [3.8, 4) is 0 Å². The van der Waals surface area contributed by atoms with Crippen molar-refractivity contribution in [2.75, 3.05) is 5.75 Å². The normalized spacial score (nSPS) is 10.5. The Hall–Kier alpha value is -1.32.